The maximum absolute atomic E-state index is 12.9. The van der Waals surface area contributed by atoms with Gasteiger partial charge in [-0.3, -0.25) is 4.79 Å². The summed E-state index contributed by atoms with van der Waals surface area (Å²) in [7, 11) is -3.63. The molecule has 2 aromatic rings. The van der Waals surface area contributed by atoms with Crippen LogP contribution in [0.1, 0.15) is 12.0 Å². The average molecular weight is 365 g/mol. The van der Waals surface area contributed by atoms with E-state index < -0.39 is 15.7 Å². The van der Waals surface area contributed by atoms with Gasteiger partial charge in [0.25, 0.3) is 0 Å². The van der Waals surface area contributed by atoms with Crippen LogP contribution in [0.15, 0.2) is 47.4 Å². The highest BCUT2D eigenvalue weighted by molar-refractivity contribution is 7.91. The normalized spacial score (nSPS) is 12.8. The summed E-state index contributed by atoms with van der Waals surface area (Å²) in [5, 5.41) is 2.66. The summed E-state index contributed by atoms with van der Waals surface area (Å²) in [6, 6.07) is 9.84. The maximum Gasteiger partial charge on any atom is 0.231 e. The van der Waals surface area contributed by atoms with Crippen molar-refractivity contribution in [1.29, 1.82) is 0 Å². The fourth-order valence-corrected chi connectivity index (χ4v) is 3.57. The molecular weight excluding hydrogens is 349 g/mol. The van der Waals surface area contributed by atoms with Gasteiger partial charge in [0.2, 0.25) is 12.7 Å². The monoisotopic (exact) mass is 365 g/mol. The zero-order valence-electron chi connectivity index (χ0n) is 13.2. The summed E-state index contributed by atoms with van der Waals surface area (Å²) < 4.78 is 47.6. The number of fused-ring (bicyclic) bond motifs is 1. The van der Waals surface area contributed by atoms with E-state index in [1.165, 1.54) is 12.1 Å². The van der Waals surface area contributed by atoms with Gasteiger partial charge in [0, 0.05) is 13.0 Å². The third-order valence-electron chi connectivity index (χ3n) is 3.70. The van der Waals surface area contributed by atoms with Gasteiger partial charge in [-0.1, -0.05) is 6.07 Å². The lowest BCUT2D eigenvalue weighted by Crippen LogP contribution is -2.25. The van der Waals surface area contributed by atoms with E-state index in [4.69, 9.17) is 9.47 Å². The Kier molecular flexibility index (Phi) is 4.89. The molecular formula is C17H16FNO5S. The Labute approximate surface area is 144 Å². The highest BCUT2D eigenvalue weighted by Crippen LogP contribution is 2.32. The van der Waals surface area contributed by atoms with Crippen LogP contribution in [-0.2, 0) is 21.2 Å². The summed E-state index contributed by atoms with van der Waals surface area (Å²) in [5.41, 5.74) is 0.819. The van der Waals surface area contributed by atoms with Gasteiger partial charge in [0.1, 0.15) is 5.82 Å². The Morgan fingerprint density at radius 2 is 1.80 bits per heavy atom. The van der Waals surface area contributed by atoms with Crippen LogP contribution in [0.5, 0.6) is 11.5 Å². The smallest absolute Gasteiger partial charge is 0.231 e. The molecule has 0 aliphatic carbocycles. The van der Waals surface area contributed by atoms with Crippen molar-refractivity contribution in [2.75, 3.05) is 12.5 Å². The molecule has 1 amide bonds. The summed E-state index contributed by atoms with van der Waals surface area (Å²) in [6.45, 7) is 0.429. The van der Waals surface area contributed by atoms with Gasteiger partial charge in [-0.05, 0) is 42.0 Å². The Bertz CT molecular complexity index is 880. The van der Waals surface area contributed by atoms with Crippen molar-refractivity contribution in [3.05, 3.63) is 53.8 Å². The lowest BCUT2D eigenvalue weighted by molar-refractivity contribution is -0.120. The topological polar surface area (TPSA) is 81.7 Å². The molecule has 0 saturated heterocycles. The van der Waals surface area contributed by atoms with E-state index in [9.17, 15) is 17.6 Å². The predicted octanol–water partition coefficient (Wildman–Crippen LogP) is 2.03. The number of amides is 1. The number of sulfone groups is 1. The minimum atomic E-state index is -3.63. The molecule has 8 heteroatoms. The van der Waals surface area contributed by atoms with Gasteiger partial charge in [0.15, 0.2) is 21.3 Å². The molecule has 0 spiro atoms. The number of hydrogen-bond donors (Lipinski definition) is 1. The van der Waals surface area contributed by atoms with Crippen LogP contribution in [-0.4, -0.2) is 26.9 Å². The average Bonchev–Trinajstić information content (AvgIpc) is 3.06. The molecule has 0 radical (unpaired) electrons. The van der Waals surface area contributed by atoms with Crippen LogP contribution in [0.4, 0.5) is 4.39 Å². The molecule has 0 unspecified atom stereocenters. The van der Waals surface area contributed by atoms with Gasteiger partial charge >= 0.3 is 0 Å². The lowest BCUT2D eigenvalue weighted by atomic mass is 10.2. The molecule has 1 N–H and O–H groups in total. The fourth-order valence-electron chi connectivity index (χ4n) is 2.33. The van der Waals surface area contributed by atoms with Crippen molar-refractivity contribution in [3.8, 4) is 11.5 Å². The van der Waals surface area contributed by atoms with E-state index in [0.717, 1.165) is 17.7 Å². The second kappa shape index (κ2) is 7.10. The first-order valence-corrected chi connectivity index (χ1v) is 9.23. The SMILES string of the molecule is O=C(CCS(=O)(=O)c1ccc(F)cc1)NCc1ccc2c(c1)OCO2. The highest BCUT2D eigenvalue weighted by Gasteiger charge is 2.17. The van der Waals surface area contributed by atoms with Gasteiger partial charge in [-0.25, -0.2) is 12.8 Å². The summed E-state index contributed by atoms with van der Waals surface area (Å²) in [5.74, 6) is 0.0286. The van der Waals surface area contributed by atoms with Crippen molar-refractivity contribution >= 4 is 15.7 Å². The molecule has 1 heterocycles. The number of benzene rings is 2. The van der Waals surface area contributed by atoms with E-state index >= 15 is 0 Å². The number of hydrogen-bond acceptors (Lipinski definition) is 5. The Balaban J connectivity index is 1.52. The summed E-state index contributed by atoms with van der Waals surface area (Å²) in [6.07, 6.45) is -0.176. The van der Waals surface area contributed by atoms with E-state index in [1.807, 2.05) is 0 Å². The zero-order chi connectivity index (χ0) is 17.9. The molecule has 0 aromatic heterocycles. The predicted molar refractivity (Wildman–Crippen MR) is 87.5 cm³/mol. The molecule has 0 saturated carbocycles. The summed E-state index contributed by atoms with van der Waals surface area (Å²) >= 11 is 0. The van der Waals surface area contributed by atoms with Crippen LogP contribution in [0.3, 0.4) is 0 Å². The standard InChI is InChI=1S/C17H16FNO5S/c18-13-2-4-14(5-3-13)25(21,22)8-7-17(20)19-10-12-1-6-15-16(9-12)24-11-23-15/h1-6,9H,7-8,10-11H2,(H,19,20). The van der Waals surface area contributed by atoms with Crippen LogP contribution in [0, 0.1) is 5.82 Å². The van der Waals surface area contributed by atoms with Crippen LogP contribution < -0.4 is 14.8 Å². The van der Waals surface area contributed by atoms with Gasteiger partial charge in [-0.2, -0.15) is 0 Å². The van der Waals surface area contributed by atoms with Crippen molar-refractivity contribution < 1.29 is 27.1 Å². The third-order valence-corrected chi connectivity index (χ3v) is 5.43. The van der Waals surface area contributed by atoms with Crippen molar-refractivity contribution in [2.24, 2.45) is 0 Å². The molecule has 2 aromatic carbocycles. The second-order valence-electron chi connectivity index (χ2n) is 5.49. The zero-order valence-corrected chi connectivity index (χ0v) is 14.0. The van der Waals surface area contributed by atoms with E-state index in [0.29, 0.717) is 11.5 Å². The van der Waals surface area contributed by atoms with Crippen molar-refractivity contribution in [3.63, 3.8) is 0 Å². The third kappa shape index (κ3) is 4.27. The van der Waals surface area contributed by atoms with Gasteiger partial charge in [-0.15, -0.1) is 0 Å². The van der Waals surface area contributed by atoms with Crippen LogP contribution in [0.2, 0.25) is 0 Å². The first-order chi connectivity index (χ1) is 11.9. The minimum absolute atomic E-state index is 0.00234. The Hall–Kier alpha value is -2.61. The minimum Gasteiger partial charge on any atom is -0.454 e. The molecule has 25 heavy (non-hydrogen) atoms. The first kappa shape index (κ1) is 17.2. The lowest BCUT2D eigenvalue weighted by Gasteiger charge is -2.07. The molecule has 0 fully saturated rings. The van der Waals surface area contributed by atoms with Gasteiger partial charge < -0.3 is 14.8 Å². The highest BCUT2D eigenvalue weighted by atomic mass is 32.2. The van der Waals surface area contributed by atoms with Crippen molar-refractivity contribution in [2.45, 2.75) is 17.9 Å². The quantitative estimate of drug-likeness (QED) is 0.792. The van der Waals surface area contributed by atoms with E-state index in [1.54, 1.807) is 18.2 Å². The number of carbonyl (C=O) groups excluding carboxylic acids is 1. The van der Waals surface area contributed by atoms with Gasteiger partial charge in [0.05, 0.1) is 10.6 Å². The molecule has 0 bridgehead atoms. The number of rotatable bonds is 6. The number of carbonyl (C=O) groups is 1. The van der Waals surface area contributed by atoms with E-state index in [2.05, 4.69) is 5.32 Å². The Morgan fingerprint density at radius 1 is 1.08 bits per heavy atom. The Morgan fingerprint density at radius 3 is 2.56 bits per heavy atom. The van der Waals surface area contributed by atoms with E-state index in [-0.39, 0.29) is 36.3 Å². The van der Waals surface area contributed by atoms with Crippen molar-refractivity contribution in [1.82, 2.24) is 5.32 Å². The number of ether oxygens (including phenoxy) is 2. The maximum atomic E-state index is 12.9. The van der Waals surface area contributed by atoms with Crippen LogP contribution in [0.25, 0.3) is 0 Å². The molecule has 132 valence electrons. The first-order valence-electron chi connectivity index (χ1n) is 7.57. The second-order valence-corrected chi connectivity index (χ2v) is 7.60. The molecule has 3 rings (SSSR count). The number of halogens is 1. The fraction of sp³-hybridized carbons (Fsp3) is 0.235. The molecule has 1 aliphatic rings. The molecule has 1 aliphatic heterocycles. The number of nitrogens with one attached hydrogen (secondary N) is 1. The largest absolute Gasteiger partial charge is 0.454 e. The van der Waals surface area contributed by atoms with Crippen LogP contribution >= 0.6 is 0 Å². The molecule has 6 nitrogen and oxygen atoms in total. The summed E-state index contributed by atoms with van der Waals surface area (Å²) in [4.78, 5) is 11.9. The molecule has 0 atom stereocenters.